The third-order valence-electron chi connectivity index (χ3n) is 5.92. The van der Waals surface area contributed by atoms with E-state index in [1.807, 2.05) is 0 Å². The van der Waals surface area contributed by atoms with Crippen molar-refractivity contribution in [2.45, 2.75) is 50.6 Å². The van der Waals surface area contributed by atoms with Crippen LogP contribution in [0.4, 0.5) is 13.2 Å². The highest BCUT2D eigenvalue weighted by Crippen LogP contribution is 2.36. The number of halogens is 5. The topological polar surface area (TPSA) is 56.4 Å². The van der Waals surface area contributed by atoms with Crippen molar-refractivity contribution in [2.24, 2.45) is 0 Å². The lowest BCUT2D eigenvalue weighted by Gasteiger charge is -2.26. The van der Waals surface area contributed by atoms with Gasteiger partial charge >= 0.3 is 11.9 Å². The fourth-order valence-electron chi connectivity index (χ4n) is 4.36. The van der Waals surface area contributed by atoms with E-state index < -0.39 is 23.5 Å². The van der Waals surface area contributed by atoms with Gasteiger partial charge < -0.3 is 9.84 Å². The molecule has 4 rings (SSSR count). The van der Waals surface area contributed by atoms with Crippen LogP contribution >= 0.6 is 23.2 Å². The monoisotopic (exact) mass is 488 g/mol. The highest BCUT2D eigenvalue weighted by molar-refractivity contribution is 6.37. The zero-order valence-electron chi connectivity index (χ0n) is 17.1. The summed E-state index contributed by atoms with van der Waals surface area (Å²) in [4.78, 5) is 13.4. The first-order valence-electron chi connectivity index (χ1n) is 10.1. The van der Waals surface area contributed by atoms with Crippen molar-refractivity contribution in [2.75, 3.05) is 7.11 Å². The maximum atomic E-state index is 13.4. The molecule has 0 bridgehead atoms. The van der Waals surface area contributed by atoms with Gasteiger partial charge in [-0.3, -0.25) is 9.13 Å². The average molecular weight is 489 g/mol. The van der Waals surface area contributed by atoms with E-state index in [-0.39, 0.29) is 33.9 Å². The van der Waals surface area contributed by atoms with E-state index in [0.717, 1.165) is 12.1 Å². The second kappa shape index (κ2) is 8.65. The van der Waals surface area contributed by atoms with Gasteiger partial charge in [-0.1, -0.05) is 23.2 Å². The van der Waals surface area contributed by atoms with Gasteiger partial charge in [-0.2, -0.15) is 13.2 Å². The molecule has 0 aliphatic heterocycles. The summed E-state index contributed by atoms with van der Waals surface area (Å²) in [6.45, 7) is -0.0115. The second-order valence-corrected chi connectivity index (χ2v) is 8.81. The van der Waals surface area contributed by atoms with E-state index in [0.29, 0.717) is 36.8 Å². The first kappa shape index (κ1) is 23.0. The Hall–Kier alpha value is -2.16. The summed E-state index contributed by atoms with van der Waals surface area (Å²) in [5.41, 5.74) is -0.0860. The van der Waals surface area contributed by atoms with Crippen LogP contribution < -0.4 is 10.4 Å². The molecule has 172 valence electrons. The SMILES string of the molecule is COc1c(Cl)cc(Cn2c(=O)n(C3CCC(O)CC3)c3ccc(C(F)(F)F)cc32)cc1Cl. The molecule has 1 aliphatic carbocycles. The molecule has 1 fully saturated rings. The zero-order valence-corrected chi connectivity index (χ0v) is 18.6. The van der Waals surface area contributed by atoms with Crippen molar-refractivity contribution >= 4 is 34.2 Å². The van der Waals surface area contributed by atoms with Gasteiger partial charge in [-0.05, 0) is 61.6 Å². The van der Waals surface area contributed by atoms with E-state index in [9.17, 15) is 23.1 Å². The fraction of sp³-hybridized carbons (Fsp3) is 0.409. The van der Waals surface area contributed by atoms with Gasteiger partial charge in [0.15, 0.2) is 5.75 Å². The van der Waals surface area contributed by atoms with Crippen LogP contribution in [0.2, 0.25) is 10.0 Å². The molecular formula is C22H21Cl2F3N2O3. The molecular weight excluding hydrogens is 468 g/mol. The number of alkyl halides is 3. The smallest absolute Gasteiger partial charge is 0.416 e. The summed E-state index contributed by atoms with van der Waals surface area (Å²) >= 11 is 12.4. The molecule has 1 heterocycles. The molecule has 3 aromatic rings. The van der Waals surface area contributed by atoms with Crippen LogP contribution in [0.15, 0.2) is 35.1 Å². The predicted molar refractivity (Wildman–Crippen MR) is 117 cm³/mol. The van der Waals surface area contributed by atoms with Crippen LogP contribution in [0.25, 0.3) is 11.0 Å². The average Bonchev–Trinajstić information content (AvgIpc) is 2.99. The minimum atomic E-state index is -4.54. The summed E-state index contributed by atoms with van der Waals surface area (Å²) in [5, 5.41) is 10.3. The molecule has 10 heteroatoms. The maximum absolute atomic E-state index is 13.4. The Morgan fingerprint density at radius 1 is 1.06 bits per heavy atom. The van der Waals surface area contributed by atoms with Gasteiger partial charge in [0, 0.05) is 6.04 Å². The van der Waals surface area contributed by atoms with Gasteiger partial charge in [0.2, 0.25) is 0 Å². The van der Waals surface area contributed by atoms with E-state index in [1.165, 1.54) is 17.7 Å². The largest absolute Gasteiger partial charge is 0.494 e. The minimum Gasteiger partial charge on any atom is -0.494 e. The van der Waals surface area contributed by atoms with Crippen LogP contribution in [0, 0.1) is 0 Å². The predicted octanol–water partition coefficient (Wildman–Crippen LogP) is 5.66. The number of hydrogen-bond acceptors (Lipinski definition) is 3. The number of benzene rings is 2. The highest BCUT2D eigenvalue weighted by Gasteiger charge is 2.32. The molecule has 1 saturated carbocycles. The van der Waals surface area contributed by atoms with Crippen LogP contribution in [0.5, 0.6) is 5.75 Å². The normalized spacial score (nSPS) is 19.5. The first-order valence-corrected chi connectivity index (χ1v) is 10.9. The van der Waals surface area contributed by atoms with Crippen LogP contribution in [0.1, 0.15) is 42.9 Å². The number of ether oxygens (including phenoxy) is 1. The number of hydrogen-bond donors (Lipinski definition) is 1. The number of aliphatic hydroxyl groups excluding tert-OH is 1. The molecule has 0 radical (unpaired) electrons. The number of aromatic nitrogens is 2. The third kappa shape index (κ3) is 4.23. The molecule has 1 aromatic heterocycles. The van der Waals surface area contributed by atoms with Crippen molar-refractivity contribution in [3.63, 3.8) is 0 Å². The quantitative estimate of drug-likeness (QED) is 0.515. The number of aliphatic hydroxyl groups is 1. The molecule has 1 aliphatic rings. The van der Waals surface area contributed by atoms with Gasteiger partial charge in [0.05, 0.1) is 46.4 Å². The summed E-state index contributed by atoms with van der Waals surface area (Å²) in [5.74, 6) is 0.284. The van der Waals surface area contributed by atoms with Crippen LogP contribution in [-0.2, 0) is 12.7 Å². The standard InChI is InChI=1S/C22H21Cl2F3N2O3/c1-32-20-16(23)8-12(9-17(20)24)11-28-19-10-13(22(25,26)27)2-7-18(19)29(21(28)31)14-3-5-15(30)6-4-14/h2,7-10,14-15,30H,3-6,11H2,1H3. The third-order valence-corrected chi connectivity index (χ3v) is 6.49. The van der Waals surface area contributed by atoms with Crippen LogP contribution in [-0.4, -0.2) is 27.5 Å². The van der Waals surface area contributed by atoms with Gasteiger partial charge in [-0.25, -0.2) is 4.79 Å². The van der Waals surface area contributed by atoms with Crippen molar-refractivity contribution in [1.29, 1.82) is 0 Å². The Balaban J connectivity index is 1.87. The Morgan fingerprint density at radius 2 is 1.69 bits per heavy atom. The Morgan fingerprint density at radius 3 is 2.25 bits per heavy atom. The summed E-state index contributed by atoms with van der Waals surface area (Å²) < 4.78 is 48.2. The lowest BCUT2D eigenvalue weighted by atomic mass is 9.93. The first-order chi connectivity index (χ1) is 15.1. The molecule has 32 heavy (non-hydrogen) atoms. The molecule has 0 spiro atoms. The number of imidazole rings is 1. The number of rotatable bonds is 4. The fourth-order valence-corrected chi connectivity index (χ4v) is 5.05. The molecule has 0 saturated heterocycles. The molecule has 2 aromatic carbocycles. The van der Waals surface area contributed by atoms with E-state index in [2.05, 4.69) is 0 Å². The van der Waals surface area contributed by atoms with E-state index >= 15 is 0 Å². The molecule has 0 amide bonds. The number of fused-ring (bicyclic) bond motifs is 1. The van der Waals surface area contributed by atoms with Crippen molar-refractivity contribution in [3.05, 3.63) is 62.0 Å². The lowest BCUT2D eigenvalue weighted by Crippen LogP contribution is -2.31. The lowest BCUT2D eigenvalue weighted by molar-refractivity contribution is -0.137. The molecule has 1 N–H and O–H groups in total. The highest BCUT2D eigenvalue weighted by atomic mass is 35.5. The van der Waals surface area contributed by atoms with Crippen molar-refractivity contribution in [3.8, 4) is 5.75 Å². The van der Waals surface area contributed by atoms with E-state index in [1.54, 1.807) is 16.7 Å². The molecule has 5 nitrogen and oxygen atoms in total. The second-order valence-electron chi connectivity index (χ2n) is 8.00. The molecule has 0 unspecified atom stereocenters. The van der Waals surface area contributed by atoms with Gasteiger partial charge in [0.25, 0.3) is 0 Å². The Labute approximate surface area is 191 Å². The van der Waals surface area contributed by atoms with Crippen LogP contribution in [0.3, 0.4) is 0 Å². The molecule has 0 atom stereocenters. The maximum Gasteiger partial charge on any atom is 0.416 e. The van der Waals surface area contributed by atoms with Gasteiger partial charge in [0.1, 0.15) is 0 Å². The Kier molecular flexibility index (Phi) is 6.22. The zero-order chi connectivity index (χ0) is 23.2. The summed E-state index contributed by atoms with van der Waals surface area (Å²) in [7, 11) is 1.42. The summed E-state index contributed by atoms with van der Waals surface area (Å²) in [6.07, 6.45) is -2.75. The van der Waals surface area contributed by atoms with Crippen molar-refractivity contribution in [1.82, 2.24) is 9.13 Å². The number of nitrogens with zero attached hydrogens (tertiary/aromatic N) is 2. The number of methoxy groups -OCH3 is 1. The minimum absolute atomic E-state index is 0.0115. The van der Waals surface area contributed by atoms with Crippen molar-refractivity contribution < 1.29 is 23.0 Å². The summed E-state index contributed by atoms with van der Waals surface area (Å²) in [6, 6.07) is 6.28. The van der Waals surface area contributed by atoms with E-state index in [4.69, 9.17) is 27.9 Å². The van der Waals surface area contributed by atoms with Gasteiger partial charge in [-0.15, -0.1) is 0 Å². The Bertz CT molecular complexity index is 1190.